The first kappa shape index (κ1) is 25.2. The van der Waals surface area contributed by atoms with Gasteiger partial charge in [0.05, 0.1) is 0 Å². The van der Waals surface area contributed by atoms with E-state index in [-0.39, 0.29) is 0 Å². The topological polar surface area (TPSA) is 64.5 Å². The van der Waals surface area contributed by atoms with Crippen molar-refractivity contribution in [1.82, 2.24) is 24.9 Å². The molecule has 42 heavy (non-hydrogen) atoms. The van der Waals surface area contributed by atoms with Gasteiger partial charge in [-0.3, -0.25) is 9.97 Å². The summed E-state index contributed by atoms with van der Waals surface area (Å²) in [6.07, 6.45) is 7.21. The average Bonchev–Trinajstić information content (AvgIpc) is 3.09. The minimum atomic E-state index is 0.627. The van der Waals surface area contributed by atoms with Crippen molar-refractivity contribution in [2.24, 2.45) is 0 Å². The van der Waals surface area contributed by atoms with Gasteiger partial charge in [-0.25, -0.2) is 15.0 Å². The summed E-state index contributed by atoms with van der Waals surface area (Å²) in [5.74, 6) is 1.88. The number of benzene rings is 4. The molecule has 0 atom stereocenters. The third kappa shape index (κ3) is 5.31. The molecule has 0 aliphatic rings. The van der Waals surface area contributed by atoms with Crippen LogP contribution in [-0.4, -0.2) is 24.9 Å². The molecule has 7 aromatic rings. The molecule has 0 saturated heterocycles. The molecule has 3 heterocycles. The Morgan fingerprint density at radius 3 is 0.833 bits per heavy atom. The minimum Gasteiger partial charge on any atom is -0.265 e. The summed E-state index contributed by atoms with van der Waals surface area (Å²) in [5, 5.41) is 0. The molecule has 198 valence electrons. The lowest BCUT2D eigenvalue weighted by Crippen LogP contribution is -2.00. The molecule has 0 aliphatic carbocycles. The van der Waals surface area contributed by atoms with Crippen LogP contribution in [0, 0.1) is 0 Å². The van der Waals surface area contributed by atoms with Crippen molar-refractivity contribution < 1.29 is 0 Å². The maximum atomic E-state index is 4.93. The Bertz CT molecular complexity index is 1680. The smallest absolute Gasteiger partial charge is 0.164 e. The number of hydrogen-bond acceptors (Lipinski definition) is 5. The van der Waals surface area contributed by atoms with E-state index in [4.69, 9.17) is 15.0 Å². The van der Waals surface area contributed by atoms with E-state index in [0.29, 0.717) is 17.5 Å². The van der Waals surface area contributed by atoms with E-state index in [0.717, 1.165) is 44.5 Å². The monoisotopic (exact) mass is 539 g/mol. The van der Waals surface area contributed by atoms with Crippen LogP contribution in [0.4, 0.5) is 0 Å². The van der Waals surface area contributed by atoms with E-state index in [1.165, 1.54) is 5.56 Å². The van der Waals surface area contributed by atoms with Crippen molar-refractivity contribution >= 4 is 0 Å². The van der Waals surface area contributed by atoms with Gasteiger partial charge in [0.25, 0.3) is 0 Å². The van der Waals surface area contributed by atoms with Gasteiger partial charge < -0.3 is 0 Å². The largest absolute Gasteiger partial charge is 0.265 e. The lowest BCUT2D eigenvalue weighted by atomic mass is 10.0. The zero-order valence-electron chi connectivity index (χ0n) is 22.7. The molecule has 0 fully saturated rings. The molecule has 4 aromatic carbocycles. The normalized spacial score (nSPS) is 10.9. The number of nitrogens with zero attached hydrogens (tertiary/aromatic N) is 5. The molecule has 7 rings (SSSR count). The number of rotatable bonds is 6. The maximum Gasteiger partial charge on any atom is 0.164 e. The van der Waals surface area contributed by atoms with Crippen LogP contribution in [-0.2, 0) is 0 Å². The zero-order chi connectivity index (χ0) is 28.1. The van der Waals surface area contributed by atoms with Crippen molar-refractivity contribution in [2.45, 2.75) is 0 Å². The third-order valence-electron chi connectivity index (χ3n) is 7.20. The SMILES string of the molecule is c1ccc(-c2ccc(-c3nc(-c4ccc(-c5ccncc5)cc4)nc(-c4ccc(-c5ccncc5)cc4)n3)cc2)cc1. The first-order valence-electron chi connectivity index (χ1n) is 13.7. The summed E-state index contributed by atoms with van der Waals surface area (Å²) in [6, 6.07) is 43.3. The van der Waals surface area contributed by atoms with Gasteiger partial charge in [0.15, 0.2) is 17.5 Å². The van der Waals surface area contributed by atoms with Gasteiger partial charge in [0, 0.05) is 41.5 Å². The highest BCUT2D eigenvalue weighted by Gasteiger charge is 2.13. The second-order valence-electron chi connectivity index (χ2n) is 9.88. The molecule has 0 spiro atoms. The molecule has 0 unspecified atom stereocenters. The Hall–Kier alpha value is -5.81. The van der Waals surface area contributed by atoms with Gasteiger partial charge in [0.2, 0.25) is 0 Å². The fourth-order valence-corrected chi connectivity index (χ4v) is 4.92. The van der Waals surface area contributed by atoms with Gasteiger partial charge in [-0.15, -0.1) is 0 Å². The van der Waals surface area contributed by atoms with Crippen LogP contribution >= 0.6 is 0 Å². The second kappa shape index (κ2) is 11.4. The first-order chi connectivity index (χ1) is 20.8. The van der Waals surface area contributed by atoms with E-state index in [1.54, 1.807) is 24.8 Å². The van der Waals surface area contributed by atoms with Crippen LogP contribution in [0.25, 0.3) is 67.5 Å². The van der Waals surface area contributed by atoms with Gasteiger partial charge in [-0.05, 0) is 57.6 Å². The first-order valence-corrected chi connectivity index (χ1v) is 13.7. The van der Waals surface area contributed by atoms with Crippen LogP contribution in [0.15, 0.2) is 152 Å². The lowest BCUT2D eigenvalue weighted by Gasteiger charge is -2.10. The molecule has 0 saturated carbocycles. The van der Waals surface area contributed by atoms with E-state index >= 15 is 0 Å². The van der Waals surface area contributed by atoms with Crippen molar-refractivity contribution in [2.75, 3.05) is 0 Å². The van der Waals surface area contributed by atoms with Crippen LogP contribution in [0.3, 0.4) is 0 Å². The Morgan fingerprint density at radius 1 is 0.238 bits per heavy atom. The predicted octanol–water partition coefficient (Wildman–Crippen LogP) is 8.66. The fourth-order valence-electron chi connectivity index (χ4n) is 4.92. The molecule has 0 radical (unpaired) electrons. The fraction of sp³-hybridized carbons (Fsp3) is 0. The number of pyridine rings is 2. The van der Waals surface area contributed by atoms with E-state index < -0.39 is 0 Å². The molecule has 0 aliphatic heterocycles. The summed E-state index contributed by atoms with van der Waals surface area (Å²) < 4.78 is 0. The lowest BCUT2D eigenvalue weighted by molar-refractivity contribution is 1.07. The van der Waals surface area contributed by atoms with Gasteiger partial charge in [0.1, 0.15) is 0 Å². The summed E-state index contributed by atoms with van der Waals surface area (Å²) >= 11 is 0. The minimum absolute atomic E-state index is 0.627. The van der Waals surface area contributed by atoms with Crippen LogP contribution in [0.1, 0.15) is 0 Å². The predicted molar refractivity (Wildman–Crippen MR) is 168 cm³/mol. The molecular weight excluding hydrogens is 514 g/mol. The molecule has 5 heteroatoms. The molecule has 0 amide bonds. The molecule has 5 nitrogen and oxygen atoms in total. The Kier molecular flexibility index (Phi) is 6.81. The van der Waals surface area contributed by atoms with Gasteiger partial charge >= 0.3 is 0 Å². The summed E-state index contributed by atoms with van der Waals surface area (Å²) in [6.45, 7) is 0. The van der Waals surface area contributed by atoms with Gasteiger partial charge in [-0.1, -0.05) is 103 Å². The quantitative estimate of drug-likeness (QED) is 0.212. The van der Waals surface area contributed by atoms with Crippen molar-refractivity contribution in [3.63, 3.8) is 0 Å². The summed E-state index contributed by atoms with van der Waals surface area (Å²) in [5.41, 5.74) is 9.54. The highest BCUT2D eigenvalue weighted by molar-refractivity contribution is 5.73. The average molecular weight is 540 g/mol. The standard InChI is InChI=1S/C37H25N5/c1-2-4-26(5-3-1)27-6-12-32(13-7-27)35-40-36(33-14-8-28(9-15-33)30-18-22-38-23-19-30)42-37(41-35)34-16-10-29(11-17-34)31-20-24-39-25-21-31/h1-25H. The Morgan fingerprint density at radius 2 is 0.500 bits per heavy atom. The van der Waals surface area contributed by atoms with Crippen LogP contribution in [0.2, 0.25) is 0 Å². The molecule has 3 aromatic heterocycles. The van der Waals surface area contributed by atoms with Crippen molar-refractivity contribution in [3.8, 4) is 67.5 Å². The van der Waals surface area contributed by atoms with Crippen molar-refractivity contribution in [1.29, 1.82) is 0 Å². The van der Waals surface area contributed by atoms with Crippen LogP contribution < -0.4 is 0 Å². The maximum absolute atomic E-state index is 4.93. The third-order valence-corrected chi connectivity index (χ3v) is 7.20. The van der Waals surface area contributed by atoms with E-state index in [9.17, 15) is 0 Å². The molecule has 0 bridgehead atoms. The van der Waals surface area contributed by atoms with Gasteiger partial charge in [-0.2, -0.15) is 0 Å². The number of aromatic nitrogens is 5. The highest BCUT2D eigenvalue weighted by atomic mass is 15.0. The van der Waals surface area contributed by atoms with Crippen molar-refractivity contribution in [3.05, 3.63) is 152 Å². The van der Waals surface area contributed by atoms with Crippen LogP contribution in [0.5, 0.6) is 0 Å². The summed E-state index contributed by atoms with van der Waals surface area (Å²) in [4.78, 5) is 23.0. The van der Waals surface area contributed by atoms with E-state index in [1.807, 2.05) is 42.5 Å². The zero-order valence-corrected chi connectivity index (χ0v) is 22.7. The number of hydrogen-bond donors (Lipinski definition) is 0. The van der Waals surface area contributed by atoms with E-state index in [2.05, 4.69) is 94.9 Å². The summed E-state index contributed by atoms with van der Waals surface area (Å²) in [7, 11) is 0. The Labute approximate surface area is 244 Å². The second-order valence-corrected chi connectivity index (χ2v) is 9.88. The molecule has 0 N–H and O–H groups in total. The Balaban J connectivity index is 1.29. The highest BCUT2D eigenvalue weighted by Crippen LogP contribution is 2.29. The molecular formula is C37H25N5.